The van der Waals surface area contributed by atoms with Crippen LogP contribution in [-0.2, 0) is 15.7 Å². The number of rotatable bonds is 1. The number of hydrogen-bond donors (Lipinski definition) is 0. The summed E-state index contributed by atoms with van der Waals surface area (Å²) in [7, 11) is 0.558. The molecule has 1 saturated heterocycles. The first-order valence-corrected chi connectivity index (χ1v) is 7.32. The van der Waals surface area contributed by atoms with Crippen molar-refractivity contribution in [2.75, 3.05) is 30.9 Å². The lowest BCUT2D eigenvalue weighted by Crippen LogP contribution is -2.43. The fourth-order valence-electron chi connectivity index (χ4n) is 2.02. The second kappa shape index (κ2) is 4.39. The summed E-state index contributed by atoms with van der Waals surface area (Å²) in [4.78, 5) is 14.0. The van der Waals surface area contributed by atoms with E-state index in [1.54, 1.807) is 0 Å². The van der Waals surface area contributed by atoms with E-state index in [9.17, 15) is 4.79 Å². The Balaban J connectivity index is 1.91. The van der Waals surface area contributed by atoms with E-state index in [-0.39, 0.29) is 0 Å². The van der Waals surface area contributed by atoms with Crippen LogP contribution >= 0.6 is 0 Å². The molecule has 0 aromatic rings. The summed E-state index contributed by atoms with van der Waals surface area (Å²) in [5.41, 5.74) is 1.07. The largest absolute Gasteiger partial charge is 0.330 e. The molecular weight excluding hydrogens is 194 g/mol. The van der Waals surface area contributed by atoms with Crippen molar-refractivity contribution in [3.8, 4) is 0 Å². The Morgan fingerprint density at radius 2 is 2.14 bits per heavy atom. The van der Waals surface area contributed by atoms with Gasteiger partial charge in [0.2, 0.25) is 5.91 Å². The maximum absolute atomic E-state index is 12.0. The van der Waals surface area contributed by atoms with Gasteiger partial charge in [-0.3, -0.25) is 4.79 Å². The molecule has 0 bridgehead atoms. The molecule has 1 aliphatic heterocycles. The van der Waals surface area contributed by atoms with Gasteiger partial charge in [0.1, 0.15) is 11.5 Å². The zero-order valence-electron chi connectivity index (χ0n) is 8.79. The summed E-state index contributed by atoms with van der Waals surface area (Å²) in [5, 5.41) is 0. The van der Waals surface area contributed by atoms with E-state index in [1.165, 1.54) is 17.9 Å². The molecule has 0 N–H and O–H groups in total. The molecule has 78 valence electrons. The van der Waals surface area contributed by atoms with Crippen LogP contribution in [0.1, 0.15) is 19.3 Å². The lowest BCUT2D eigenvalue weighted by molar-refractivity contribution is -0.126. The van der Waals surface area contributed by atoms with E-state index in [0.717, 1.165) is 31.5 Å². The zero-order chi connectivity index (χ0) is 9.97. The summed E-state index contributed by atoms with van der Waals surface area (Å²) in [5.74, 6) is 2.73. The third-order valence-electron chi connectivity index (χ3n) is 3.02. The standard InChI is InChI=1S/C11H18NOS/c1-14-8-6-12(7-9-14)11(13)10-4-2-3-5-10/h4H,2-3,5-9H2,1H3/q+1. The smallest absolute Gasteiger partial charge is 0.249 e. The summed E-state index contributed by atoms with van der Waals surface area (Å²) in [6.07, 6.45) is 7.71. The molecule has 0 unspecified atom stereocenters. The number of allylic oxidation sites excluding steroid dienone is 1. The third kappa shape index (κ3) is 2.14. The number of nitrogens with zero attached hydrogens (tertiary/aromatic N) is 1. The topological polar surface area (TPSA) is 20.3 Å². The molecule has 2 aliphatic rings. The Morgan fingerprint density at radius 1 is 1.43 bits per heavy atom. The van der Waals surface area contributed by atoms with Crippen molar-refractivity contribution in [3.05, 3.63) is 11.6 Å². The highest BCUT2D eigenvalue weighted by Crippen LogP contribution is 2.20. The van der Waals surface area contributed by atoms with E-state index in [1.807, 2.05) is 4.90 Å². The van der Waals surface area contributed by atoms with Crippen LogP contribution in [0.15, 0.2) is 11.6 Å². The van der Waals surface area contributed by atoms with Gasteiger partial charge in [-0.2, -0.15) is 0 Å². The minimum absolute atomic E-state index is 0.319. The van der Waals surface area contributed by atoms with E-state index >= 15 is 0 Å². The normalized spacial score (nSPS) is 23.8. The van der Waals surface area contributed by atoms with E-state index in [2.05, 4.69) is 12.3 Å². The Labute approximate surface area is 88.7 Å². The number of carbonyl (C=O) groups is 1. The molecule has 0 spiro atoms. The number of carbonyl (C=O) groups excluding carboxylic acids is 1. The van der Waals surface area contributed by atoms with Crippen molar-refractivity contribution in [3.63, 3.8) is 0 Å². The van der Waals surface area contributed by atoms with E-state index in [4.69, 9.17) is 0 Å². The van der Waals surface area contributed by atoms with E-state index in [0.29, 0.717) is 16.8 Å². The van der Waals surface area contributed by atoms with Gasteiger partial charge in [-0.05, 0) is 30.2 Å². The monoisotopic (exact) mass is 212 g/mol. The Hall–Kier alpha value is -0.440. The van der Waals surface area contributed by atoms with Crippen LogP contribution in [-0.4, -0.2) is 41.7 Å². The first-order valence-electron chi connectivity index (χ1n) is 5.35. The molecule has 0 radical (unpaired) electrons. The predicted molar refractivity (Wildman–Crippen MR) is 61.5 cm³/mol. The minimum Gasteiger partial charge on any atom is -0.330 e. The summed E-state index contributed by atoms with van der Waals surface area (Å²) in [6.45, 7) is 1.96. The minimum atomic E-state index is 0.319. The maximum Gasteiger partial charge on any atom is 0.249 e. The number of hydrogen-bond acceptors (Lipinski definition) is 1. The van der Waals surface area contributed by atoms with Gasteiger partial charge >= 0.3 is 0 Å². The highest BCUT2D eigenvalue weighted by Gasteiger charge is 2.27. The molecule has 14 heavy (non-hydrogen) atoms. The van der Waals surface area contributed by atoms with Gasteiger partial charge in [0.15, 0.2) is 0 Å². The maximum atomic E-state index is 12.0. The van der Waals surface area contributed by atoms with Gasteiger partial charge in [0.25, 0.3) is 0 Å². The lowest BCUT2D eigenvalue weighted by Gasteiger charge is -2.26. The van der Waals surface area contributed by atoms with Crippen LogP contribution in [0, 0.1) is 0 Å². The molecule has 1 amide bonds. The van der Waals surface area contributed by atoms with Gasteiger partial charge in [0, 0.05) is 5.57 Å². The van der Waals surface area contributed by atoms with Crippen molar-refractivity contribution < 1.29 is 4.79 Å². The first-order chi connectivity index (χ1) is 6.77. The van der Waals surface area contributed by atoms with Gasteiger partial charge in [-0.1, -0.05) is 6.08 Å². The molecule has 0 aromatic carbocycles. The summed E-state index contributed by atoms with van der Waals surface area (Å²) < 4.78 is 0. The van der Waals surface area contributed by atoms with Crippen LogP contribution < -0.4 is 0 Å². The second-order valence-corrected chi connectivity index (χ2v) is 6.48. The fourth-order valence-corrected chi connectivity index (χ4v) is 3.29. The van der Waals surface area contributed by atoms with Gasteiger partial charge in [-0.15, -0.1) is 0 Å². The molecule has 0 atom stereocenters. The lowest BCUT2D eigenvalue weighted by atomic mass is 10.2. The van der Waals surface area contributed by atoms with Gasteiger partial charge < -0.3 is 4.90 Å². The van der Waals surface area contributed by atoms with Crippen LogP contribution in [0.4, 0.5) is 0 Å². The SMILES string of the molecule is C[S+]1CCN(C(=O)C2=CCCC2)CC1. The molecule has 1 heterocycles. The van der Waals surface area contributed by atoms with Crippen LogP contribution in [0.25, 0.3) is 0 Å². The van der Waals surface area contributed by atoms with Crippen molar-refractivity contribution >= 4 is 16.8 Å². The van der Waals surface area contributed by atoms with Crippen molar-refractivity contribution in [2.45, 2.75) is 19.3 Å². The van der Waals surface area contributed by atoms with E-state index < -0.39 is 0 Å². The average Bonchev–Trinajstić information content (AvgIpc) is 2.71. The average molecular weight is 212 g/mol. The predicted octanol–water partition coefficient (Wildman–Crippen LogP) is 1.19. The van der Waals surface area contributed by atoms with Gasteiger partial charge in [-0.25, -0.2) is 0 Å². The van der Waals surface area contributed by atoms with Crippen LogP contribution in [0.3, 0.4) is 0 Å². The molecule has 2 nitrogen and oxygen atoms in total. The second-order valence-electron chi connectivity index (χ2n) is 4.10. The Bertz CT molecular complexity index is 254. The molecule has 0 aromatic heterocycles. The summed E-state index contributed by atoms with van der Waals surface area (Å²) >= 11 is 0. The molecule has 0 saturated carbocycles. The summed E-state index contributed by atoms with van der Waals surface area (Å²) in [6, 6.07) is 0. The zero-order valence-corrected chi connectivity index (χ0v) is 9.61. The van der Waals surface area contributed by atoms with Crippen molar-refractivity contribution in [2.24, 2.45) is 0 Å². The molecule has 1 aliphatic carbocycles. The number of amides is 1. The van der Waals surface area contributed by atoms with Gasteiger partial charge in [0.05, 0.1) is 19.3 Å². The third-order valence-corrected chi connectivity index (χ3v) is 4.78. The van der Waals surface area contributed by atoms with Crippen LogP contribution in [0.5, 0.6) is 0 Å². The van der Waals surface area contributed by atoms with Crippen molar-refractivity contribution in [1.29, 1.82) is 0 Å². The highest BCUT2D eigenvalue weighted by atomic mass is 32.2. The molecule has 1 fully saturated rings. The Morgan fingerprint density at radius 3 is 2.71 bits per heavy atom. The van der Waals surface area contributed by atoms with Crippen molar-refractivity contribution in [1.82, 2.24) is 4.90 Å². The molecule has 3 heteroatoms. The Kier molecular flexibility index (Phi) is 3.16. The molecular formula is C11H18NOS+. The first kappa shape index (κ1) is 10.1. The molecule has 2 rings (SSSR count). The highest BCUT2D eigenvalue weighted by molar-refractivity contribution is 7.96. The quantitative estimate of drug-likeness (QED) is 0.598. The fraction of sp³-hybridized carbons (Fsp3) is 0.727. The van der Waals surface area contributed by atoms with Crippen LogP contribution in [0.2, 0.25) is 0 Å².